The lowest BCUT2D eigenvalue weighted by atomic mass is 10.2. The van der Waals surface area contributed by atoms with Gasteiger partial charge in [0.2, 0.25) is 12.3 Å². The van der Waals surface area contributed by atoms with Gasteiger partial charge in [0.05, 0.1) is 6.54 Å². The number of hydrogen-bond acceptors (Lipinski definition) is 3. The summed E-state index contributed by atoms with van der Waals surface area (Å²) < 4.78 is 0.812. The van der Waals surface area contributed by atoms with Crippen molar-refractivity contribution >= 4 is 34.2 Å². The van der Waals surface area contributed by atoms with E-state index < -0.39 is 0 Å². The summed E-state index contributed by atoms with van der Waals surface area (Å²) in [5, 5.41) is 2.61. The van der Waals surface area contributed by atoms with E-state index in [0.717, 1.165) is 10.9 Å². The lowest BCUT2D eigenvalue weighted by Gasteiger charge is -2.32. The Kier molecular flexibility index (Phi) is 5.32. The summed E-state index contributed by atoms with van der Waals surface area (Å²) in [4.78, 5) is 37.8. The highest BCUT2D eigenvalue weighted by molar-refractivity contribution is 9.10. The van der Waals surface area contributed by atoms with E-state index >= 15 is 0 Å². The Labute approximate surface area is 131 Å². The van der Waals surface area contributed by atoms with Gasteiger partial charge >= 0.3 is 0 Å². The first-order chi connectivity index (χ1) is 10.1. The molecular weight excluding hydrogens is 338 g/mol. The molecule has 0 saturated carbocycles. The number of carbonyl (C=O) groups is 3. The average molecular weight is 354 g/mol. The van der Waals surface area contributed by atoms with Crippen LogP contribution in [0.15, 0.2) is 28.7 Å². The number of carbonyl (C=O) groups excluding carboxylic acids is 3. The Morgan fingerprint density at radius 2 is 1.95 bits per heavy atom. The van der Waals surface area contributed by atoms with Gasteiger partial charge in [0, 0.05) is 36.2 Å². The molecule has 1 aliphatic rings. The highest BCUT2D eigenvalue weighted by Gasteiger charge is 2.20. The molecule has 6 nitrogen and oxygen atoms in total. The molecule has 3 amide bonds. The van der Waals surface area contributed by atoms with E-state index in [0.29, 0.717) is 31.7 Å². The molecule has 1 aliphatic heterocycles. The van der Waals surface area contributed by atoms with Crippen LogP contribution >= 0.6 is 15.9 Å². The quantitative estimate of drug-likeness (QED) is 0.800. The normalized spacial score (nSPS) is 14.7. The molecule has 0 aromatic heterocycles. The molecule has 1 aromatic carbocycles. The van der Waals surface area contributed by atoms with Crippen LogP contribution in [-0.4, -0.2) is 60.7 Å². The number of piperazine rings is 1. The molecule has 1 saturated heterocycles. The van der Waals surface area contributed by atoms with Crippen molar-refractivity contribution in [3.63, 3.8) is 0 Å². The number of benzene rings is 1. The minimum Gasteiger partial charge on any atom is -0.343 e. The predicted molar refractivity (Wildman–Crippen MR) is 80.7 cm³/mol. The van der Waals surface area contributed by atoms with Gasteiger partial charge in [0.25, 0.3) is 5.91 Å². The van der Waals surface area contributed by atoms with Crippen LogP contribution in [0.2, 0.25) is 0 Å². The molecule has 0 spiro atoms. The fourth-order valence-electron chi connectivity index (χ4n) is 2.08. The lowest BCUT2D eigenvalue weighted by Crippen LogP contribution is -2.50. The van der Waals surface area contributed by atoms with Crippen LogP contribution in [0, 0.1) is 0 Å². The standard InChI is InChI=1S/C14H16BrN3O3/c15-12-3-1-2-11(8-12)14(21)16-9-13(20)18-6-4-17(10-19)5-7-18/h1-3,8,10H,4-7,9H2,(H,16,21). The zero-order valence-electron chi connectivity index (χ0n) is 11.4. The minimum absolute atomic E-state index is 0.0353. The topological polar surface area (TPSA) is 69.7 Å². The number of hydrogen-bond donors (Lipinski definition) is 1. The molecule has 0 unspecified atom stereocenters. The van der Waals surface area contributed by atoms with E-state index in [1.165, 1.54) is 0 Å². The number of amides is 3. The largest absolute Gasteiger partial charge is 0.343 e. The van der Waals surface area contributed by atoms with E-state index in [2.05, 4.69) is 21.2 Å². The molecule has 1 heterocycles. The number of halogens is 1. The number of rotatable bonds is 4. The zero-order valence-corrected chi connectivity index (χ0v) is 13.0. The van der Waals surface area contributed by atoms with Gasteiger partial charge in [-0.2, -0.15) is 0 Å². The van der Waals surface area contributed by atoms with Gasteiger partial charge in [-0.1, -0.05) is 22.0 Å². The van der Waals surface area contributed by atoms with Crippen molar-refractivity contribution < 1.29 is 14.4 Å². The maximum atomic E-state index is 12.0. The van der Waals surface area contributed by atoms with Crippen LogP contribution in [0.3, 0.4) is 0 Å². The van der Waals surface area contributed by atoms with Crippen molar-refractivity contribution in [2.75, 3.05) is 32.7 Å². The molecule has 0 radical (unpaired) electrons. The van der Waals surface area contributed by atoms with Gasteiger partial charge in [-0.15, -0.1) is 0 Å². The van der Waals surface area contributed by atoms with Gasteiger partial charge in [-0.05, 0) is 18.2 Å². The van der Waals surface area contributed by atoms with Crippen molar-refractivity contribution in [1.29, 1.82) is 0 Å². The van der Waals surface area contributed by atoms with E-state index in [4.69, 9.17) is 0 Å². The summed E-state index contributed by atoms with van der Waals surface area (Å²) in [6, 6.07) is 6.98. The summed E-state index contributed by atoms with van der Waals surface area (Å²) in [5.74, 6) is -0.417. The number of nitrogens with zero attached hydrogens (tertiary/aromatic N) is 2. The molecule has 1 N–H and O–H groups in total. The third-order valence-electron chi connectivity index (χ3n) is 3.30. The summed E-state index contributed by atoms with van der Waals surface area (Å²) in [7, 11) is 0. The molecule has 1 aromatic rings. The van der Waals surface area contributed by atoms with Crippen molar-refractivity contribution in [1.82, 2.24) is 15.1 Å². The summed E-state index contributed by atoms with van der Waals surface area (Å²) in [6.45, 7) is 2.05. The van der Waals surface area contributed by atoms with Crippen LogP contribution in [0.5, 0.6) is 0 Å². The van der Waals surface area contributed by atoms with E-state index in [-0.39, 0.29) is 18.4 Å². The Morgan fingerprint density at radius 3 is 2.57 bits per heavy atom. The Balaban J connectivity index is 1.81. The van der Waals surface area contributed by atoms with Crippen molar-refractivity contribution in [3.8, 4) is 0 Å². The smallest absolute Gasteiger partial charge is 0.251 e. The highest BCUT2D eigenvalue weighted by Crippen LogP contribution is 2.11. The maximum Gasteiger partial charge on any atom is 0.251 e. The highest BCUT2D eigenvalue weighted by atomic mass is 79.9. The first kappa shape index (κ1) is 15.5. The second-order valence-corrected chi connectivity index (χ2v) is 5.63. The molecular formula is C14H16BrN3O3. The zero-order chi connectivity index (χ0) is 15.2. The Bertz CT molecular complexity index is 542. The second kappa shape index (κ2) is 7.21. The van der Waals surface area contributed by atoms with E-state index in [9.17, 15) is 14.4 Å². The third-order valence-corrected chi connectivity index (χ3v) is 3.80. The summed E-state index contributed by atoms with van der Waals surface area (Å²) in [6.07, 6.45) is 0.789. The molecule has 21 heavy (non-hydrogen) atoms. The first-order valence-corrected chi connectivity index (χ1v) is 7.40. The molecule has 112 valence electrons. The second-order valence-electron chi connectivity index (χ2n) is 4.72. The Morgan fingerprint density at radius 1 is 1.24 bits per heavy atom. The fraction of sp³-hybridized carbons (Fsp3) is 0.357. The monoisotopic (exact) mass is 353 g/mol. The fourth-order valence-corrected chi connectivity index (χ4v) is 2.48. The van der Waals surface area contributed by atoms with Gasteiger partial charge in [-0.3, -0.25) is 14.4 Å². The third kappa shape index (κ3) is 4.29. The van der Waals surface area contributed by atoms with Gasteiger partial charge in [-0.25, -0.2) is 0 Å². The van der Waals surface area contributed by atoms with Crippen molar-refractivity contribution in [3.05, 3.63) is 34.3 Å². The van der Waals surface area contributed by atoms with Crippen molar-refractivity contribution in [2.24, 2.45) is 0 Å². The predicted octanol–water partition coefficient (Wildman–Crippen LogP) is 0.480. The molecule has 0 aliphatic carbocycles. The molecule has 2 rings (SSSR count). The van der Waals surface area contributed by atoms with Crippen LogP contribution in [-0.2, 0) is 9.59 Å². The first-order valence-electron chi connectivity index (χ1n) is 6.61. The lowest BCUT2D eigenvalue weighted by molar-refractivity contribution is -0.134. The van der Waals surface area contributed by atoms with Gasteiger partial charge in [0.1, 0.15) is 0 Å². The van der Waals surface area contributed by atoms with Gasteiger partial charge in [0.15, 0.2) is 0 Å². The molecule has 0 atom stereocenters. The van der Waals surface area contributed by atoms with Crippen LogP contribution in [0.25, 0.3) is 0 Å². The summed E-state index contributed by atoms with van der Waals surface area (Å²) >= 11 is 3.30. The van der Waals surface area contributed by atoms with Crippen LogP contribution < -0.4 is 5.32 Å². The average Bonchev–Trinajstić information content (AvgIpc) is 2.52. The van der Waals surface area contributed by atoms with Crippen LogP contribution in [0.1, 0.15) is 10.4 Å². The van der Waals surface area contributed by atoms with Crippen molar-refractivity contribution in [2.45, 2.75) is 0 Å². The Hall–Kier alpha value is -1.89. The van der Waals surface area contributed by atoms with Gasteiger partial charge < -0.3 is 15.1 Å². The SMILES string of the molecule is O=CN1CCN(C(=O)CNC(=O)c2cccc(Br)c2)CC1. The van der Waals surface area contributed by atoms with E-state index in [1.807, 2.05) is 6.07 Å². The number of nitrogens with one attached hydrogen (secondary N) is 1. The minimum atomic E-state index is -0.281. The molecule has 1 fully saturated rings. The summed E-state index contributed by atoms with van der Waals surface area (Å²) in [5.41, 5.74) is 0.503. The maximum absolute atomic E-state index is 12.0. The van der Waals surface area contributed by atoms with Crippen LogP contribution in [0.4, 0.5) is 0 Å². The van der Waals surface area contributed by atoms with E-state index in [1.54, 1.807) is 28.0 Å². The molecule has 7 heteroatoms. The molecule has 0 bridgehead atoms.